The summed E-state index contributed by atoms with van der Waals surface area (Å²) in [6, 6.07) is 5.55. The average Bonchev–Trinajstić information content (AvgIpc) is 2.86. The molecule has 0 spiro atoms. The molecule has 1 aromatic carbocycles. The van der Waals surface area contributed by atoms with Gasteiger partial charge in [0.2, 0.25) is 0 Å². The Morgan fingerprint density at radius 3 is 2.92 bits per heavy atom. The summed E-state index contributed by atoms with van der Waals surface area (Å²) in [6.07, 6.45) is 2.65. The summed E-state index contributed by atoms with van der Waals surface area (Å²) in [4.78, 5) is 0. The Bertz CT molecular complexity index is 303. The minimum atomic E-state index is 0.351. The number of rotatable bonds is 3. The van der Waals surface area contributed by atoms with Crippen molar-refractivity contribution in [1.29, 1.82) is 0 Å². The number of epoxide rings is 1. The first kappa shape index (κ1) is 8.57. The summed E-state index contributed by atoms with van der Waals surface area (Å²) in [6.45, 7) is 2.96. The van der Waals surface area contributed by atoms with Crippen molar-refractivity contribution in [2.24, 2.45) is 0 Å². The first-order valence-corrected chi connectivity index (χ1v) is 4.66. The fourth-order valence-electron chi connectivity index (χ4n) is 1.51. The Hall–Kier alpha value is -1.02. The molecule has 2 heteroatoms. The first-order chi connectivity index (χ1) is 6.25. The second-order valence-corrected chi connectivity index (χ2v) is 3.60. The highest BCUT2D eigenvalue weighted by molar-refractivity contribution is 5.33. The van der Waals surface area contributed by atoms with Crippen molar-refractivity contribution in [3.63, 3.8) is 0 Å². The van der Waals surface area contributed by atoms with Gasteiger partial charge in [0.25, 0.3) is 0 Å². The molecule has 0 aromatic heterocycles. The standard InChI is InChI=1S/C11H14O2/c1-8-6-10(12)4-2-9(8)3-5-11-7-13-11/h2,4,6,11-12H,3,5,7H2,1H3. The molecule has 1 fully saturated rings. The SMILES string of the molecule is Cc1cc(O)ccc1CCC1CO1. The summed E-state index contributed by atoms with van der Waals surface area (Å²) < 4.78 is 5.14. The van der Waals surface area contributed by atoms with E-state index in [-0.39, 0.29) is 0 Å². The van der Waals surface area contributed by atoms with Gasteiger partial charge in [0.15, 0.2) is 0 Å². The molecule has 13 heavy (non-hydrogen) atoms. The lowest BCUT2D eigenvalue weighted by molar-refractivity contribution is 0.396. The van der Waals surface area contributed by atoms with Gasteiger partial charge in [-0.3, -0.25) is 0 Å². The van der Waals surface area contributed by atoms with Crippen LogP contribution in [0, 0.1) is 6.92 Å². The molecule has 1 atom stereocenters. The molecule has 0 saturated carbocycles. The van der Waals surface area contributed by atoms with E-state index in [1.807, 2.05) is 19.1 Å². The summed E-state index contributed by atoms with van der Waals surface area (Å²) in [7, 11) is 0. The van der Waals surface area contributed by atoms with Crippen molar-refractivity contribution >= 4 is 0 Å². The summed E-state index contributed by atoms with van der Waals surface area (Å²) in [5.74, 6) is 0.351. The molecule has 70 valence electrons. The number of phenols is 1. The maximum Gasteiger partial charge on any atom is 0.115 e. The quantitative estimate of drug-likeness (QED) is 0.718. The Labute approximate surface area is 78.2 Å². The lowest BCUT2D eigenvalue weighted by Gasteiger charge is -2.04. The van der Waals surface area contributed by atoms with Crippen LogP contribution in [0.5, 0.6) is 5.75 Å². The molecule has 0 amide bonds. The molecule has 1 aromatic rings. The molecular formula is C11H14O2. The Balaban J connectivity index is 2.01. The maximum atomic E-state index is 9.20. The molecule has 1 heterocycles. The van der Waals surface area contributed by atoms with E-state index in [1.54, 1.807) is 6.07 Å². The summed E-state index contributed by atoms with van der Waals surface area (Å²) >= 11 is 0. The lowest BCUT2D eigenvalue weighted by atomic mass is 10.0. The first-order valence-electron chi connectivity index (χ1n) is 4.66. The van der Waals surface area contributed by atoms with Crippen LogP contribution in [0.1, 0.15) is 17.5 Å². The van der Waals surface area contributed by atoms with Crippen molar-refractivity contribution in [2.75, 3.05) is 6.61 Å². The van der Waals surface area contributed by atoms with E-state index in [1.165, 1.54) is 11.1 Å². The number of ether oxygens (including phenoxy) is 1. The van der Waals surface area contributed by atoms with Crippen LogP contribution in [0.25, 0.3) is 0 Å². The average molecular weight is 178 g/mol. The fourth-order valence-corrected chi connectivity index (χ4v) is 1.51. The molecule has 1 N–H and O–H groups in total. The maximum absolute atomic E-state index is 9.20. The van der Waals surface area contributed by atoms with Crippen molar-refractivity contribution in [3.05, 3.63) is 29.3 Å². The van der Waals surface area contributed by atoms with E-state index >= 15 is 0 Å². The van der Waals surface area contributed by atoms with Gasteiger partial charge < -0.3 is 9.84 Å². The van der Waals surface area contributed by atoms with Crippen LogP contribution >= 0.6 is 0 Å². The molecule has 1 saturated heterocycles. The van der Waals surface area contributed by atoms with Gasteiger partial charge in [0.1, 0.15) is 5.75 Å². The van der Waals surface area contributed by atoms with Crippen molar-refractivity contribution in [3.8, 4) is 5.75 Å². The molecule has 2 rings (SSSR count). The highest BCUT2D eigenvalue weighted by Crippen LogP contribution is 2.21. The van der Waals surface area contributed by atoms with Gasteiger partial charge in [-0.1, -0.05) is 6.07 Å². The third-order valence-electron chi connectivity index (χ3n) is 2.46. The van der Waals surface area contributed by atoms with Crippen molar-refractivity contribution in [1.82, 2.24) is 0 Å². The van der Waals surface area contributed by atoms with Crippen LogP contribution in [0.15, 0.2) is 18.2 Å². The molecule has 0 radical (unpaired) electrons. The second-order valence-electron chi connectivity index (χ2n) is 3.60. The topological polar surface area (TPSA) is 32.8 Å². The third kappa shape index (κ3) is 2.22. The largest absolute Gasteiger partial charge is 0.508 e. The number of aryl methyl sites for hydroxylation is 2. The zero-order valence-corrected chi connectivity index (χ0v) is 7.79. The Morgan fingerprint density at radius 2 is 2.31 bits per heavy atom. The van der Waals surface area contributed by atoms with Gasteiger partial charge in [-0.15, -0.1) is 0 Å². The minimum Gasteiger partial charge on any atom is -0.508 e. The van der Waals surface area contributed by atoms with Crippen LogP contribution in [0.4, 0.5) is 0 Å². The molecule has 0 aliphatic carbocycles. The van der Waals surface area contributed by atoms with E-state index < -0.39 is 0 Å². The number of benzene rings is 1. The molecular weight excluding hydrogens is 164 g/mol. The number of hydrogen-bond donors (Lipinski definition) is 1. The number of phenolic OH excluding ortho intramolecular Hbond substituents is 1. The molecule has 0 bridgehead atoms. The van der Waals surface area contributed by atoms with E-state index in [0.717, 1.165) is 19.4 Å². The predicted molar refractivity (Wildman–Crippen MR) is 50.9 cm³/mol. The van der Waals surface area contributed by atoms with Crippen LogP contribution in [-0.2, 0) is 11.2 Å². The summed E-state index contributed by atoms with van der Waals surface area (Å²) in [5.41, 5.74) is 2.48. The van der Waals surface area contributed by atoms with E-state index in [2.05, 4.69) is 0 Å². The van der Waals surface area contributed by atoms with E-state index in [4.69, 9.17) is 4.74 Å². The van der Waals surface area contributed by atoms with Gasteiger partial charge in [0.05, 0.1) is 12.7 Å². The van der Waals surface area contributed by atoms with Gasteiger partial charge in [-0.05, 0) is 43.0 Å². The van der Waals surface area contributed by atoms with E-state index in [0.29, 0.717) is 11.9 Å². The fraction of sp³-hybridized carbons (Fsp3) is 0.455. The van der Waals surface area contributed by atoms with E-state index in [9.17, 15) is 5.11 Å². The molecule has 1 unspecified atom stereocenters. The monoisotopic (exact) mass is 178 g/mol. The van der Waals surface area contributed by atoms with Gasteiger partial charge in [-0.25, -0.2) is 0 Å². The zero-order chi connectivity index (χ0) is 9.26. The van der Waals surface area contributed by atoms with Gasteiger partial charge >= 0.3 is 0 Å². The van der Waals surface area contributed by atoms with Crippen LogP contribution in [-0.4, -0.2) is 17.8 Å². The number of hydrogen-bond acceptors (Lipinski definition) is 2. The highest BCUT2D eigenvalue weighted by Gasteiger charge is 2.21. The predicted octanol–water partition coefficient (Wildman–Crippen LogP) is 2.03. The van der Waals surface area contributed by atoms with Crippen LogP contribution < -0.4 is 0 Å². The zero-order valence-electron chi connectivity index (χ0n) is 7.79. The van der Waals surface area contributed by atoms with Crippen molar-refractivity contribution in [2.45, 2.75) is 25.9 Å². The van der Waals surface area contributed by atoms with Crippen LogP contribution in [0.2, 0.25) is 0 Å². The van der Waals surface area contributed by atoms with Gasteiger partial charge in [0, 0.05) is 0 Å². The normalized spacial score (nSPS) is 20.2. The Morgan fingerprint density at radius 1 is 1.54 bits per heavy atom. The molecule has 2 nitrogen and oxygen atoms in total. The smallest absolute Gasteiger partial charge is 0.115 e. The third-order valence-corrected chi connectivity index (χ3v) is 2.46. The summed E-state index contributed by atoms with van der Waals surface area (Å²) in [5, 5.41) is 9.20. The lowest BCUT2D eigenvalue weighted by Crippen LogP contribution is -1.93. The molecule has 1 aliphatic rings. The second kappa shape index (κ2) is 3.38. The van der Waals surface area contributed by atoms with Crippen molar-refractivity contribution < 1.29 is 9.84 Å². The molecule has 1 aliphatic heterocycles. The minimum absolute atomic E-state index is 0.351. The van der Waals surface area contributed by atoms with Crippen LogP contribution in [0.3, 0.4) is 0 Å². The number of aromatic hydroxyl groups is 1. The highest BCUT2D eigenvalue weighted by atomic mass is 16.6. The Kier molecular flexibility index (Phi) is 2.23. The van der Waals surface area contributed by atoms with Gasteiger partial charge in [-0.2, -0.15) is 0 Å².